The second-order valence-electron chi connectivity index (χ2n) is 2.86. The van der Waals surface area contributed by atoms with E-state index >= 15 is 0 Å². The number of nitrogens with zero attached hydrogens (tertiary/aromatic N) is 2. The second-order valence-corrected chi connectivity index (χ2v) is 4.45. The third kappa shape index (κ3) is 1.33. The summed E-state index contributed by atoms with van der Waals surface area (Å²) >= 11 is 6.78. The first-order chi connectivity index (χ1) is 7.06. The molecule has 15 heavy (non-hydrogen) atoms. The van der Waals surface area contributed by atoms with Gasteiger partial charge in [0, 0.05) is 7.05 Å². The van der Waals surface area contributed by atoms with Crippen LogP contribution in [0, 0.1) is 0 Å². The predicted molar refractivity (Wildman–Crippen MR) is 55.9 cm³/mol. The Labute approximate surface area is 92.9 Å². The number of carbonyl (C=O) groups is 2. The van der Waals surface area contributed by atoms with Crippen molar-refractivity contribution in [1.82, 2.24) is 9.55 Å². The highest BCUT2D eigenvalue weighted by atomic mass is 35.5. The van der Waals surface area contributed by atoms with Gasteiger partial charge in [-0.25, -0.2) is 9.78 Å². The van der Waals surface area contributed by atoms with E-state index < -0.39 is 5.97 Å². The Morgan fingerprint density at radius 2 is 2.33 bits per heavy atom. The van der Waals surface area contributed by atoms with E-state index in [1.54, 1.807) is 0 Å². The van der Waals surface area contributed by atoms with Crippen LogP contribution >= 0.6 is 22.9 Å². The van der Waals surface area contributed by atoms with Crippen molar-refractivity contribution in [3.05, 3.63) is 15.7 Å². The number of rotatable bonds is 2. The molecule has 0 aromatic carbocycles. The van der Waals surface area contributed by atoms with Crippen LogP contribution in [0.1, 0.15) is 20.8 Å². The van der Waals surface area contributed by atoms with Crippen molar-refractivity contribution in [3.63, 3.8) is 0 Å². The zero-order valence-electron chi connectivity index (χ0n) is 7.52. The average molecular weight is 245 g/mol. The van der Waals surface area contributed by atoms with E-state index in [4.69, 9.17) is 16.7 Å². The lowest BCUT2D eigenvalue weighted by molar-refractivity contribution is 0.0684. The maximum absolute atomic E-state index is 10.9. The number of hydrogen-bond donors (Lipinski definition) is 1. The molecule has 0 aliphatic carbocycles. The Morgan fingerprint density at radius 3 is 2.87 bits per heavy atom. The average Bonchev–Trinajstić information content (AvgIpc) is 2.63. The van der Waals surface area contributed by atoms with Gasteiger partial charge in [-0.15, -0.1) is 0 Å². The zero-order valence-corrected chi connectivity index (χ0v) is 9.09. The lowest BCUT2D eigenvalue weighted by Gasteiger charge is -1.97. The van der Waals surface area contributed by atoms with Crippen LogP contribution in [0.25, 0.3) is 10.3 Å². The first-order valence-corrected chi connectivity index (χ1v) is 5.09. The van der Waals surface area contributed by atoms with Crippen molar-refractivity contribution in [3.8, 4) is 0 Å². The van der Waals surface area contributed by atoms with Crippen LogP contribution in [0.3, 0.4) is 0 Å². The SMILES string of the molecule is Cn1c(C(=O)O)c(C=O)c2sc(Cl)nc21. The van der Waals surface area contributed by atoms with Gasteiger partial charge in [0.05, 0.1) is 10.3 Å². The molecule has 0 atom stereocenters. The Bertz CT molecular complexity index is 572. The molecule has 0 saturated heterocycles. The molecule has 0 unspecified atom stereocenters. The standard InChI is InChI=1S/C8H5ClN2O3S/c1-11-4(7(13)14)3(2-12)5-6(11)10-8(9)15-5/h2H,1H3,(H,13,14). The number of aromatic nitrogens is 2. The monoisotopic (exact) mass is 244 g/mol. The van der Waals surface area contributed by atoms with Crippen LogP contribution in [0.5, 0.6) is 0 Å². The normalized spacial score (nSPS) is 10.8. The fourth-order valence-corrected chi connectivity index (χ4v) is 2.59. The second kappa shape index (κ2) is 3.32. The van der Waals surface area contributed by atoms with E-state index in [0.29, 0.717) is 16.6 Å². The van der Waals surface area contributed by atoms with E-state index in [1.807, 2.05) is 0 Å². The van der Waals surface area contributed by atoms with E-state index in [1.165, 1.54) is 11.6 Å². The fraction of sp³-hybridized carbons (Fsp3) is 0.125. The lowest BCUT2D eigenvalue weighted by atomic mass is 10.2. The van der Waals surface area contributed by atoms with Crippen LogP contribution in [0.2, 0.25) is 4.47 Å². The molecule has 78 valence electrons. The molecule has 0 aliphatic rings. The highest BCUT2D eigenvalue weighted by molar-refractivity contribution is 7.22. The van der Waals surface area contributed by atoms with Gasteiger partial charge in [0.1, 0.15) is 5.69 Å². The maximum Gasteiger partial charge on any atom is 0.353 e. The van der Waals surface area contributed by atoms with E-state index in [0.717, 1.165) is 11.3 Å². The van der Waals surface area contributed by atoms with Gasteiger partial charge in [0.25, 0.3) is 0 Å². The molecule has 0 fully saturated rings. The minimum absolute atomic E-state index is 0.0598. The molecule has 0 saturated carbocycles. The summed E-state index contributed by atoms with van der Waals surface area (Å²) < 4.78 is 2.15. The van der Waals surface area contributed by atoms with Crippen LogP contribution in [0.15, 0.2) is 0 Å². The van der Waals surface area contributed by atoms with Crippen LogP contribution < -0.4 is 0 Å². The summed E-state index contributed by atoms with van der Waals surface area (Å²) in [4.78, 5) is 25.7. The first kappa shape index (κ1) is 10.1. The molecule has 2 aromatic rings. The number of aldehydes is 1. The summed E-state index contributed by atoms with van der Waals surface area (Å²) in [6.45, 7) is 0. The Balaban J connectivity index is 2.92. The summed E-state index contributed by atoms with van der Waals surface area (Å²) in [5.41, 5.74) is 0.490. The minimum Gasteiger partial charge on any atom is -0.477 e. The molecule has 2 rings (SSSR count). The van der Waals surface area contributed by atoms with Gasteiger partial charge in [0.2, 0.25) is 0 Å². The van der Waals surface area contributed by atoms with Crippen molar-refractivity contribution < 1.29 is 14.7 Å². The number of carbonyl (C=O) groups excluding carboxylic acids is 1. The molecule has 0 amide bonds. The maximum atomic E-state index is 10.9. The molecule has 0 radical (unpaired) electrons. The van der Waals surface area contributed by atoms with E-state index in [9.17, 15) is 9.59 Å². The van der Waals surface area contributed by atoms with Crippen molar-refractivity contribution in [2.45, 2.75) is 0 Å². The number of hydrogen-bond acceptors (Lipinski definition) is 4. The summed E-state index contributed by atoms with van der Waals surface area (Å²) in [5, 5.41) is 8.93. The molecule has 0 spiro atoms. The molecular formula is C8H5ClN2O3S. The van der Waals surface area contributed by atoms with Gasteiger partial charge < -0.3 is 9.67 Å². The molecule has 2 heterocycles. The van der Waals surface area contributed by atoms with Crippen molar-refractivity contribution in [2.24, 2.45) is 7.05 Å². The van der Waals surface area contributed by atoms with E-state index in [2.05, 4.69) is 4.98 Å². The molecule has 0 bridgehead atoms. The third-order valence-electron chi connectivity index (χ3n) is 2.06. The van der Waals surface area contributed by atoms with Gasteiger partial charge in [0.15, 0.2) is 16.4 Å². The Kier molecular flexibility index (Phi) is 2.24. The van der Waals surface area contributed by atoms with Crippen molar-refractivity contribution >= 4 is 45.5 Å². The number of aryl methyl sites for hydroxylation is 1. The van der Waals surface area contributed by atoms with Gasteiger partial charge in [-0.2, -0.15) is 0 Å². The quantitative estimate of drug-likeness (QED) is 0.818. The highest BCUT2D eigenvalue weighted by Crippen LogP contribution is 2.31. The van der Waals surface area contributed by atoms with Gasteiger partial charge in [-0.05, 0) is 0 Å². The topological polar surface area (TPSA) is 72.2 Å². The number of carboxylic acids is 1. The summed E-state index contributed by atoms with van der Waals surface area (Å²) in [5.74, 6) is -1.15. The van der Waals surface area contributed by atoms with E-state index in [-0.39, 0.29) is 15.7 Å². The molecular weight excluding hydrogens is 240 g/mol. The molecule has 0 aliphatic heterocycles. The van der Waals surface area contributed by atoms with Gasteiger partial charge in [-0.1, -0.05) is 22.9 Å². The van der Waals surface area contributed by atoms with Crippen LogP contribution in [-0.4, -0.2) is 26.9 Å². The summed E-state index contributed by atoms with van der Waals surface area (Å²) in [6.07, 6.45) is 0.514. The number of halogens is 1. The van der Waals surface area contributed by atoms with Gasteiger partial charge in [-0.3, -0.25) is 4.79 Å². The number of aromatic carboxylic acids is 1. The fourth-order valence-electron chi connectivity index (χ4n) is 1.45. The number of carboxylic acid groups (broad SMARTS) is 1. The molecule has 2 aromatic heterocycles. The zero-order chi connectivity index (χ0) is 11.2. The van der Waals surface area contributed by atoms with Crippen LogP contribution in [0.4, 0.5) is 0 Å². The third-order valence-corrected chi connectivity index (χ3v) is 3.24. The van der Waals surface area contributed by atoms with Crippen molar-refractivity contribution in [2.75, 3.05) is 0 Å². The summed E-state index contributed by atoms with van der Waals surface area (Å²) in [7, 11) is 1.54. The van der Waals surface area contributed by atoms with Crippen LogP contribution in [-0.2, 0) is 7.05 Å². The minimum atomic E-state index is -1.15. The highest BCUT2D eigenvalue weighted by Gasteiger charge is 2.22. The largest absolute Gasteiger partial charge is 0.477 e. The van der Waals surface area contributed by atoms with Crippen molar-refractivity contribution in [1.29, 1.82) is 0 Å². The predicted octanol–water partition coefficient (Wildman–Crippen LogP) is 1.80. The first-order valence-electron chi connectivity index (χ1n) is 3.89. The molecule has 7 heteroatoms. The Hall–Kier alpha value is -1.40. The molecule has 5 nitrogen and oxygen atoms in total. The smallest absolute Gasteiger partial charge is 0.353 e. The number of fused-ring (bicyclic) bond motifs is 1. The Morgan fingerprint density at radius 1 is 1.67 bits per heavy atom. The molecule has 1 N–H and O–H groups in total. The summed E-state index contributed by atoms with van der Waals surface area (Å²) in [6, 6.07) is 0. The number of thiazole rings is 1. The van der Waals surface area contributed by atoms with Gasteiger partial charge >= 0.3 is 5.97 Å². The lowest BCUT2D eigenvalue weighted by Crippen LogP contribution is -2.07.